The number of rotatable bonds is 4. The average Bonchev–Trinajstić information content (AvgIpc) is 3.19. The fraction of sp³-hybridized carbons (Fsp3) is 0.100. The van der Waals surface area contributed by atoms with Crippen LogP contribution in [0.3, 0.4) is 0 Å². The van der Waals surface area contributed by atoms with Gasteiger partial charge in [-0.2, -0.15) is 0 Å². The minimum atomic E-state index is 0.803. The standard InChI is InChI=1S/C20H16N2OS4/c1-21-17(11-26-19(21)24)13-3-7-15(8-4-13)23-16-9-5-14(6-10-16)18-12-27-20(25)22(18)2/h3-12H,1-2H3. The monoisotopic (exact) mass is 428 g/mol. The Labute approximate surface area is 175 Å². The van der Waals surface area contributed by atoms with Crippen LogP contribution >= 0.6 is 47.1 Å². The number of thiazole rings is 2. The molecule has 0 fully saturated rings. The highest BCUT2D eigenvalue weighted by Gasteiger charge is 2.06. The van der Waals surface area contributed by atoms with Crippen LogP contribution < -0.4 is 4.74 Å². The molecule has 0 atom stereocenters. The van der Waals surface area contributed by atoms with E-state index in [1.54, 1.807) is 22.7 Å². The van der Waals surface area contributed by atoms with E-state index in [4.69, 9.17) is 29.2 Å². The van der Waals surface area contributed by atoms with E-state index in [9.17, 15) is 0 Å². The summed E-state index contributed by atoms with van der Waals surface area (Å²) in [6.45, 7) is 0. The Morgan fingerprint density at radius 3 is 1.33 bits per heavy atom. The number of nitrogens with zero attached hydrogens (tertiary/aromatic N) is 2. The van der Waals surface area contributed by atoms with Crippen LogP contribution in [0.25, 0.3) is 22.5 Å². The van der Waals surface area contributed by atoms with Crippen molar-refractivity contribution < 1.29 is 4.74 Å². The van der Waals surface area contributed by atoms with Gasteiger partial charge in [0.2, 0.25) is 0 Å². The van der Waals surface area contributed by atoms with Gasteiger partial charge in [0.05, 0.1) is 11.4 Å². The van der Waals surface area contributed by atoms with Crippen LogP contribution in [0.4, 0.5) is 0 Å². The topological polar surface area (TPSA) is 19.1 Å². The molecule has 7 heteroatoms. The summed E-state index contributed by atoms with van der Waals surface area (Å²) in [7, 11) is 3.98. The van der Waals surface area contributed by atoms with Crippen molar-refractivity contribution in [1.82, 2.24) is 9.13 Å². The molecule has 4 aromatic rings. The Balaban J connectivity index is 1.52. The molecule has 0 bridgehead atoms. The van der Waals surface area contributed by atoms with Gasteiger partial charge in [-0.3, -0.25) is 0 Å². The molecule has 2 aromatic carbocycles. The molecule has 2 aromatic heterocycles. The highest BCUT2D eigenvalue weighted by molar-refractivity contribution is 7.73. The van der Waals surface area contributed by atoms with Crippen molar-refractivity contribution in [2.24, 2.45) is 14.1 Å². The highest BCUT2D eigenvalue weighted by atomic mass is 32.2. The molecule has 4 rings (SSSR count). The van der Waals surface area contributed by atoms with Crippen molar-refractivity contribution in [3.05, 3.63) is 67.2 Å². The second-order valence-corrected chi connectivity index (χ2v) is 9.05. The zero-order valence-corrected chi connectivity index (χ0v) is 18.0. The molecule has 0 spiro atoms. The molecular weight excluding hydrogens is 413 g/mol. The maximum absolute atomic E-state index is 5.98. The van der Waals surface area contributed by atoms with Crippen LogP contribution in [-0.2, 0) is 14.1 Å². The summed E-state index contributed by atoms with van der Waals surface area (Å²) in [6, 6.07) is 16.1. The van der Waals surface area contributed by atoms with Crippen LogP contribution in [-0.4, -0.2) is 9.13 Å². The van der Waals surface area contributed by atoms with Crippen LogP contribution in [0.1, 0.15) is 0 Å². The molecule has 0 aliphatic heterocycles. The molecule has 136 valence electrons. The quantitative estimate of drug-likeness (QED) is 0.324. The first-order chi connectivity index (χ1) is 13.0. The molecule has 0 N–H and O–H groups in total. The van der Waals surface area contributed by atoms with Crippen molar-refractivity contribution in [1.29, 1.82) is 0 Å². The fourth-order valence-electron chi connectivity index (χ4n) is 2.77. The van der Waals surface area contributed by atoms with Crippen LogP contribution in [0.2, 0.25) is 0 Å². The Kier molecular flexibility index (Phi) is 5.10. The summed E-state index contributed by atoms with van der Waals surface area (Å²) in [5, 5.41) is 4.16. The van der Waals surface area contributed by atoms with Gasteiger partial charge in [-0.15, -0.1) is 22.7 Å². The van der Waals surface area contributed by atoms with E-state index in [1.165, 1.54) is 0 Å². The van der Waals surface area contributed by atoms with Gasteiger partial charge in [0, 0.05) is 24.9 Å². The normalized spacial score (nSPS) is 10.9. The number of ether oxygens (including phenoxy) is 1. The Bertz CT molecular complexity index is 1100. The van der Waals surface area contributed by atoms with Crippen molar-refractivity contribution in [2.45, 2.75) is 0 Å². The second kappa shape index (κ2) is 7.52. The number of hydrogen-bond acceptors (Lipinski definition) is 5. The Morgan fingerprint density at radius 2 is 1.04 bits per heavy atom. The third-order valence-electron chi connectivity index (χ3n) is 4.35. The molecule has 0 aliphatic rings. The zero-order valence-electron chi connectivity index (χ0n) is 14.7. The third-order valence-corrected chi connectivity index (χ3v) is 7.11. The van der Waals surface area contributed by atoms with Gasteiger partial charge in [-0.05, 0) is 84.1 Å². The molecule has 27 heavy (non-hydrogen) atoms. The molecule has 0 radical (unpaired) electrons. The summed E-state index contributed by atoms with van der Waals surface area (Å²) >= 11 is 13.7. The molecular formula is C20H16N2OS4. The van der Waals surface area contributed by atoms with Gasteiger partial charge in [-0.25, -0.2) is 0 Å². The van der Waals surface area contributed by atoms with Crippen LogP contribution in [0.5, 0.6) is 11.5 Å². The summed E-state index contributed by atoms with van der Waals surface area (Å²) in [5.74, 6) is 1.61. The van der Waals surface area contributed by atoms with E-state index < -0.39 is 0 Å². The lowest BCUT2D eigenvalue weighted by atomic mass is 10.1. The molecule has 0 saturated heterocycles. The predicted octanol–water partition coefficient (Wildman–Crippen LogP) is 7.07. The van der Waals surface area contributed by atoms with E-state index in [1.807, 2.05) is 47.5 Å². The van der Waals surface area contributed by atoms with Gasteiger partial charge in [0.1, 0.15) is 11.5 Å². The molecule has 0 saturated carbocycles. The smallest absolute Gasteiger partial charge is 0.161 e. The zero-order chi connectivity index (χ0) is 19.0. The molecule has 0 unspecified atom stereocenters. The summed E-state index contributed by atoms with van der Waals surface area (Å²) in [5.41, 5.74) is 4.48. The first kappa shape index (κ1) is 18.3. The maximum atomic E-state index is 5.98. The largest absolute Gasteiger partial charge is 0.457 e. The highest BCUT2D eigenvalue weighted by Crippen LogP contribution is 2.29. The van der Waals surface area contributed by atoms with E-state index in [0.717, 1.165) is 41.9 Å². The third kappa shape index (κ3) is 3.68. The molecule has 2 heterocycles. The summed E-state index contributed by atoms with van der Waals surface area (Å²) < 4.78 is 11.8. The first-order valence-corrected chi connectivity index (χ1v) is 10.8. The number of benzene rings is 2. The lowest BCUT2D eigenvalue weighted by Gasteiger charge is -2.09. The van der Waals surface area contributed by atoms with E-state index in [2.05, 4.69) is 35.0 Å². The van der Waals surface area contributed by atoms with Crippen molar-refractivity contribution in [3.8, 4) is 34.0 Å². The van der Waals surface area contributed by atoms with Crippen molar-refractivity contribution >= 4 is 47.1 Å². The van der Waals surface area contributed by atoms with Gasteiger partial charge < -0.3 is 13.9 Å². The lowest BCUT2D eigenvalue weighted by molar-refractivity contribution is 0.483. The van der Waals surface area contributed by atoms with E-state index >= 15 is 0 Å². The number of hydrogen-bond donors (Lipinski definition) is 0. The van der Waals surface area contributed by atoms with Gasteiger partial charge in [0.15, 0.2) is 7.91 Å². The number of aromatic nitrogens is 2. The van der Waals surface area contributed by atoms with Crippen molar-refractivity contribution in [3.63, 3.8) is 0 Å². The Morgan fingerprint density at radius 1 is 0.667 bits per heavy atom. The SMILES string of the molecule is Cn1c(-c2ccc(Oc3ccc(-c4csc(=S)n4C)cc3)cc2)csc1=S. The first-order valence-electron chi connectivity index (χ1n) is 8.21. The van der Waals surface area contributed by atoms with Crippen molar-refractivity contribution in [2.75, 3.05) is 0 Å². The summed E-state index contributed by atoms with van der Waals surface area (Å²) in [4.78, 5) is 0. The Hall–Kier alpha value is -2.06. The lowest BCUT2D eigenvalue weighted by Crippen LogP contribution is -1.92. The van der Waals surface area contributed by atoms with Gasteiger partial charge >= 0.3 is 0 Å². The van der Waals surface area contributed by atoms with Crippen LogP contribution in [0, 0.1) is 7.91 Å². The van der Waals surface area contributed by atoms with Gasteiger partial charge in [-0.1, -0.05) is 0 Å². The summed E-state index contributed by atoms with van der Waals surface area (Å²) in [6.07, 6.45) is 0. The minimum absolute atomic E-state index is 0.803. The second-order valence-electron chi connectivity index (χ2n) is 6.04. The average molecular weight is 429 g/mol. The minimum Gasteiger partial charge on any atom is -0.457 e. The fourth-order valence-corrected chi connectivity index (χ4v) is 4.78. The van der Waals surface area contributed by atoms with Gasteiger partial charge in [0.25, 0.3) is 0 Å². The predicted molar refractivity (Wildman–Crippen MR) is 119 cm³/mol. The van der Waals surface area contributed by atoms with Crippen LogP contribution in [0.15, 0.2) is 59.3 Å². The van der Waals surface area contributed by atoms with E-state index in [-0.39, 0.29) is 0 Å². The molecule has 0 aliphatic carbocycles. The van der Waals surface area contributed by atoms with E-state index in [0.29, 0.717) is 0 Å². The molecule has 3 nitrogen and oxygen atoms in total. The maximum Gasteiger partial charge on any atom is 0.161 e. The molecule has 0 amide bonds.